The number of pyridine rings is 1. The molecule has 0 saturated heterocycles. The Morgan fingerprint density at radius 3 is 2.56 bits per heavy atom. The highest BCUT2D eigenvalue weighted by Gasteiger charge is 2.18. The van der Waals surface area contributed by atoms with Gasteiger partial charge in [0.05, 0.1) is 12.8 Å². The maximum Gasteiger partial charge on any atom is 0.166 e. The third-order valence-electron chi connectivity index (χ3n) is 4.61. The first-order valence-corrected chi connectivity index (χ1v) is 8.58. The summed E-state index contributed by atoms with van der Waals surface area (Å²) in [5.41, 5.74) is 10.4. The Labute approximate surface area is 157 Å². The number of rotatable bonds is 5. The summed E-state index contributed by atoms with van der Waals surface area (Å²) in [6.07, 6.45) is 1.22. The van der Waals surface area contributed by atoms with Crippen LogP contribution in [0.1, 0.15) is 30.0 Å². The van der Waals surface area contributed by atoms with E-state index >= 15 is 0 Å². The molecule has 0 radical (unpaired) electrons. The number of aromatic nitrogens is 3. The quantitative estimate of drug-likeness (QED) is 0.735. The molecule has 0 spiro atoms. The van der Waals surface area contributed by atoms with E-state index in [0.29, 0.717) is 17.1 Å². The summed E-state index contributed by atoms with van der Waals surface area (Å²) in [5, 5.41) is 4.44. The number of nitrogens with two attached hydrogens (primary N) is 1. The van der Waals surface area contributed by atoms with Crippen LogP contribution in [0.5, 0.6) is 11.5 Å². The highest BCUT2D eigenvalue weighted by atomic mass is 19.1. The van der Waals surface area contributed by atoms with Crippen LogP contribution in [0.4, 0.5) is 10.2 Å². The van der Waals surface area contributed by atoms with E-state index < -0.39 is 6.10 Å². The number of halogens is 1. The molecule has 0 aliphatic heterocycles. The molecule has 0 bridgehead atoms. The molecule has 0 aliphatic carbocycles. The predicted molar refractivity (Wildman–Crippen MR) is 102 cm³/mol. The van der Waals surface area contributed by atoms with Crippen molar-refractivity contribution >= 4 is 5.82 Å². The maximum absolute atomic E-state index is 13.7. The van der Waals surface area contributed by atoms with E-state index in [1.54, 1.807) is 12.3 Å². The first-order valence-electron chi connectivity index (χ1n) is 8.58. The molecule has 0 saturated carbocycles. The zero-order chi connectivity index (χ0) is 19.7. The van der Waals surface area contributed by atoms with Crippen LogP contribution < -0.4 is 15.2 Å². The molecule has 2 N–H and O–H groups in total. The Kier molecular flexibility index (Phi) is 5.03. The summed E-state index contributed by atoms with van der Waals surface area (Å²) in [4.78, 5) is 4.26. The van der Waals surface area contributed by atoms with E-state index in [4.69, 9.17) is 15.2 Å². The van der Waals surface area contributed by atoms with E-state index in [1.165, 1.54) is 19.2 Å². The van der Waals surface area contributed by atoms with Gasteiger partial charge in [-0.15, -0.1) is 0 Å². The van der Waals surface area contributed by atoms with Crippen LogP contribution in [0.3, 0.4) is 0 Å². The lowest BCUT2D eigenvalue weighted by Crippen LogP contribution is -2.08. The summed E-state index contributed by atoms with van der Waals surface area (Å²) in [6, 6.07) is 6.15. The van der Waals surface area contributed by atoms with Crippen LogP contribution in [0.25, 0.3) is 11.1 Å². The fourth-order valence-corrected chi connectivity index (χ4v) is 3.15. The summed E-state index contributed by atoms with van der Waals surface area (Å²) >= 11 is 0. The smallest absolute Gasteiger partial charge is 0.166 e. The van der Waals surface area contributed by atoms with E-state index in [0.717, 1.165) is 22.5 Å². The van der Waals surface area contributed by atoms with Crippen molar-refractivity contribution in [3.63, 3.8) is 0 Å². The molecule has 2 heterocycles. The highest BCUT2D eigenvalue weighted by Crippen LogP contribution is 2.35. The van der Waals surface area contributed by atoms with Gasteiger partial charge in [-0.2, -0.15) is 5.10 Å². The average Bonchev–Trinajstić information content (AvgIpc) is 2.89. The van der Waals surface area contributed by atoms with Gasteiger partial charge < -0.3 is 15.2 Å². The first-order chi connectivity index (χ1) is 12.8. The van der Waals surface area contributed by atoms with Gasteiger partial charge in [-0.3, -0.25) is 4.68 Å². The Hall–Kier alpha value is -3.09. The van der Waals surface area contributed by atoms with Crippen molar-refractivity contribution in [1.82, 2.24) is 14.8 Å². The summed E-state index contributed by atoms with van der Waals surface area (Å²) in [5.74, 6) is 0.877. The van der Waals surface area contributed by atoms with Gasteiger partial charge in [0.2, 0.25) is 0 Å². The molecule has 2 aromatic heterocycles. The van der Waals surface area contributed by atoms with E-state index in [-0.39, 0.29) is 11.6 Å². The molecule has 0 aliphatic rings. The molecule has 6 nitrogen and oxygen atoms in total. The Balaban J connectivity index is 1.97. The average molecular weight is 370 g/mol. The van der Waals surface area contributed by atoms with Crippen molar-refractivity contribution in [2.45, 2.75) is 26.9 Å². The number of hydrogen-bond acceptors (Lipinski definition) is 5. The molecule has 0 amide bonds. The molecule has 1 aromatic carbocycles. The van der Waals surface area contributed by atoms with Crippen molar-refractivity contribution in [3.05, 3.63) is 53.2 Å². The van der Waals surface area contributed by atoms with Crippen LogP contribution in [0.15, 0.2) is 30.5 Å². The van der Waals surface area contributed by atoms with Crippen LogP contribution in [0.2, 0.25) is 0 Å². The van der Waals surface area contributed by atoms with Gasteiger partial charge >= 0.3 is 0 Å². The summed E-state index contributed by atoms with van der Waals surface area (Å²) in [6.45, 7) is 5.75. The first kappa shape index (κ1) is 18.7. The van der Waals surface area contributed by atoms with E-state index in [2.05, 4.69) is 10.1 Å². The minimum atomic E-state index is -0.480. The van der Waals surface area contributed by atoms with E-state index in [9.17, 15) is 4.39 Å². The second kappa shape index (κ2) is 7.26. The Bertz CT molecular complexity index is 984. The van der Waals surface area contributed by atoms with Crippen LogP contribution in [-0.4, -0.2) is 21.9 Å². The van der Waals surface area contributed by atoms with Gasteiger partial charge in [-0.25, -0.2) is 9.37 Å². The molecular weight excluding hydrogens is 347 g/mol. The lowest BCUT2D eigenvalue weighted by atomic mass is 10.1. The Morgan fingerprint density at radius 1 is 1.19 bits per heavy atom. The monoisotopic (exact) mass is 370 g/mol. The van der Waals surface area contributed by atoms with Gasteiger partial charge in [-0.05, 0) is 45.0 Å². The second-order valence-electron chi connectivity index (χ2n) is 6.42. The standard InChI is InChI=1S/C20H23FN4O2/c1-11-19(12(2)25(4)24-11)14-8-18(20(22)23-10-14)27-13(3)16-9-15(21)6-7-17(16)26-5/h6-10,13H,1-5H3,(H2,22,23). The summed E-state index contributed by atoms with van der Waals surface area (Å²) in [7, 11) is 3.43. The van der Waals surface area contributed by atoms with Gasteiger partial charge in [0, 0.05) is 35.6 Å². The van der Waals surface area contributed by atoms with Crippen LogP contribution >= 0.6 is 0 Å². The topological polar surface area (TPSA) is 75.2 Å². The molecule has 3 rings (SSSR count). The second-order valence-corrected chi connectivity index (χ2v) is 6.42. The molecule has 27 heavy (non-hydrogen) atoms. The summed E-state index contributed by atoms with van der Waals surface area (Å²) < 4.78 is 26.8. The SMILES string of the molecule is COc1ccc(F)cc1C(C)Oc1cc(-c2c(C)nn(C)c2C)cnc1N. The highest BCUT2D eigenvalue weighted by molar-refractivity contribution is 5.71. The largest absolute Gasteiger partial charge is 0.496 e. The van der Waals surface area contributed by atoms with Gasteiger partial charge in [-0.1, -0.05) is 0 Å². The number of nitrogen functional groups attached to an aromatic ring is 1. The van der Waals surface area contributed by atoms with Crippen molar-refractivity contribution in [2.75, 3.05) is 12.8 Å². The van der Waals surface area contributed by atoms with Gasteiger partial charge in [0.15, 0.2) is 11.6 Å². The molecule has 7 heteroatoms. The van der Waals surface area contributed by atoms with Crippen molar-refractivity contribution < 1.29 is 13.9 Å². The van der Waals surface area contributed by atoms with Crippen LogP contribution in [0, 0.1) is 19.7 Å². The minimum Gasteiger partial charge on any atom is -0.496 e. The number of nitrogens with zero attached hydrogens (tertiary/aromatic N) is 3. The lowest BCUT2D eigenvalue weighted by Gasteiger charge is -2.19. The van der Waals surface area contributed by atoms with Gasteiger partial charge in [0.1, 0.15) is 17.7 Å². The van der Waals surface area contributed by atoms with Crippen molar-refractivity contribution in [2.24, 2.45) is 7.05 Å². The zero-order valence-electron chi connectivity index (χ0n) is 16.1. The fourth-order valence-electron chi connectivity index (χ4n) is 3.15. The normalized spacial score (nSPS) is 12.1. The predicted octanol–water partition coefficient (Wildman–Crippen LogP) is 3.97. The molecule has 142 valence electrons. The zero-order valence-corrected chi connectivity index (χ0v) is 16.1. The van der Waals surface area contributed by atoms with Crippen LogP contribution in [-0.2, 0) is 7.05 Å². The number of methoxy groups -OCH3 is 1. The van der Waals surface area contributed by atoms with Crippen molar-refractivity contribution in [3.8, 4) is 22.6 Å². The molecule has 1 unspecified atom stereocenters. The van der Waals surface area contributed by atoms with Gasteiger partial charge in [0.25, 0.3) is 0 Å². The van der Waals surface area contributed by atoms with E-state index in [1.807, 2.05) is 38.6 Å². The third kappa shape index (κ3) is 3.58. The number of aryl methyl sites for hydroxylation is 2. The minimum absolute atomic E-state index is 0.264. The number of benzene rings is 1. The molecule has 1 atom stereocenters. The number of ether oxygens (including phenoxy) is 2. The van der Waals surface area contributed by atoms with Crippen molar-refractivity contribution in [1.29, 1.82) is 0 Å². The third-order valence-corrected chi connectivity index (χ3v) is 4.61. The lowest BCUT2D eigenvalue weighted by molar-refractivity contribution is 0.221. The fraction of sp³-hybridized carbons (Fsp3) is 0.300. The molecular formula is C20H23FN4O2. The molecule has 0 fully saturated rings. The number of hydrogen-bond donors (Lipinski definition) is 1. The maximum atomic E-state index is 13.7. The number of anilines is 1. The Morgan fingerprint density at radius 2 is 1.93 bits per heavy atom. The molecule has 3 aromatic rings.